The quantitative estimate of drug-likeness (QED) is 0.0667. The number of hydrogen-bond donors (Lipinski definition) is 1. The fraction of sp³-hybridized carbons (Fsp3) is 0.232. The molecule has 65 heavy (non-hydrogen) atoms. The molecule has 9 heteroatoms. The van der Waals surface area contributed by atoms with E-state index in [-0.39, 0.29) is 51.0 Å². The second kappa shape index (κ2) is 23.5. The standard InChI is InChI=1S/C56H54O9/c57-33-49(58)47-31-48(51(61-36-43-23-11-3-12-24-43)32-50(47)60-35-42-21-9-2-10-22-42)53-55(63-38-45-27-15-5-16-28-45)56(64-39-46-29-17-6-18-30-46)54(62-37-44-25-13-4-14-26-44)52(65-53)40-59-34-41-19-7-1-8-20-41/h1-32,52-57H,33-40H2/t52-,53+,54-,55+,56+/m0/s1. The van der Waals surface area contributed by atoms with Crippen LogP contribution in [0.1, 0.15) is 55.4 Å². The first-order valence-corrected chi connectivity index (χ1v) is 22.0. The zero-order chi connectivity index (χ0) is 44.5. The average Bonchev–Trinajstić information content (AvgIpc) is 3.37. The molecule has 1 fully saturated rings. The number of Topliss-reactive ketones (excluding diaryl/α,β-unsaturated/α-hetero) is 1. The molecule has 0 radical (unpaired) electrons. The van der Waals surface area contributed by atoms with Crippen LogP contribution in [0.5, 0.6) is 11.5 Å². The Morgan fingerprint density at radius 2 is 0.831 bits per heavy atom. The maximum absolute atomic E-state index is 13.8. The van der Waals surface area contributed by atoms with Crippen molar-refractivity contribution in [1.82, 2.24) is 0 Å². The van der Waals surface area contributed by atoms with Gasteiger partial charge in [-0.1, -0.05) is 182 Å². The summed E-state index contributed by atoms with van der Waals surface area (Å²) in [6.07, 6.45) is -3.84. The molecule has 7 aromatic carbocycles. The second-order valence-corrected chi connectivity index (χ2v) is 15.9. The SMILES string of the molecule is O=C(CO)c1cc([C@H]2O[C@@H](COCc3ccccc3)[C@H](OCc3ccccc3)[C@@H](OCc3ccccc3)[C@@H]2OCc2ccccc2)c(OCc2ccccc2)cc1OCc1ccccc1. The van der Waals surface area contributed by atoms with Gasteiger partial charge in [0, 0.05) is 11.6 Å². The molecule has 0 unspecified atom stereocenters. The lowest BCUT2D eigenvalue weighted by Gasteiger charge is -2.46. The van der Waals surface area contributed by atoms with Gasteiger partial charge in [0.1, 0.15) is 61.8 Å². The highest BCUT2D eigenvalue weighted by molar-refractivity contribution is 6.00. The zero-order valence-electron chi connectivity index (χ0n) is 36.2. The van der Waals surface area contributed by atoms with Crippen LogP contribution < -0.4 is 9.47 Å². The fourth-order valence-corrected chi connectivity index (χ4v) is 7.86. The van der Waals surface area contributed by atoms with Crippen LogP contribution in [0.2, 0.25) is 0 Å². The lowest BCUT2D eigenvalue weighted by molar-refractivity contribution is -0.275. The molecule has 0 saturated carbocycles. The lowest BCUT2D eigenvalue weighted by Crippen LogP contribution is -2.58. The molecule has 1 N–H and O–H groups in total. The van der Waals surface area contributed by atoms with E-state index in [1.54, 1.807) is 12.1 Å². The average molecular weight is 871 g/mol. The van der Waals surface area contributed by atoms with E-state index in [2.05, 4.69) is 0 Å². The normalized spacial score (nSPS) is 18.2. The van der Waals surface area contributed by atoms with Crippen LogP contribution >= 0.6 is 0 Å². The van der Waals surface area contributed by atoms with Crippen LogP contribution in [-0.4, -0.2) is 48.5 Å². The summed E-state index contributed by atoms with van der Waals surface area (Å²) in [5.41, 5.74) is 6.46. The van der Waals surface area contributed by atoms with Gasteiger partial charge in [-0.15, -0.1) is 0 Å². The summed E-state index contributed by atoms with van der Waals surface area (Å²) in [6.45, 7) is 0.891. The largest absolute Gasteiger partial charge is 0.488 e. The minimum atomic E-state index is -0.902. The molecule has 0 spiro atoms. The van der Waals surface area contributed by atoms with Crippen molar-refractivity contribution in [1.29, 1.82) is 0 Å². The van der Waals surface area contributed by atoms with Crippen LogP contribution in [0.4, 0.5) is 0 Å². The van der Waals surface area contributed by atoms with E-state index in [9.17, 15) is 9.90 Å². The van der Waals surface area contributed by atoms with Crippen LogP contribution in [0.25, 0.3) is 0 Å². The molecule has 0 amide bonds. The number of ether oxygens (including phenoxy) is 7. The number of aliphatic hydroxyl groups is 1. The molecule has 8 rings (SSSR count). The summed E-state index contributed by atoms with van der Waals surface area (Å²) >= 11 is 0. The Labute approximate surface area is 381 Å². The van der Waals surface area contributed by atoms with Gasteiger partial charge in [0.15, 0.2) is 5.78 Å². The molecule has 5 atom stereocenters. The highest BCUT2D eigenvalue weighted by Gasteiger charge is 2.50. The molecule has 0 bridgehead atoms. The van der Waals surface area contributed by atoms with E-state index in [0.29, 0.717) is 17.9 Å². The number of hydrogen-bond acceptors (Lipinski definition) is 9. The Morgan fingerprint density at radius 1 is 0.446 bits per heavy atom. The Bertz CT molecular complexity index is 2470. The third kappa shape index (κ3) is 12.6. The van der Waals surface area contributed by atoms with Gasteiger partial charge in [-0.05, 0) is 39.4 Å². The predicted octanol–water partition coefficient (Wildman–Crippen LogP) is 10.4. The van der Waals surface area contributed by atoms with Gasteiger partial charge < -0.3 is 38.3 Å². The number of benzene rings is 7. The predicted molar refractivity (Wildman–Crippen MR) is 248 cm³/mol. The molecule has 7 aromatic rings. The van der Waals surface area contributed by atoms with E-state index < -0.39 is 42.9 Å². The van der Waals surface area contributed by atoms with Crippen molar-refractivity contribution in [3.63, 3.8) is 0 Å². The zero-order valence-corrected chi connectivity index (χ0v) is 36.2. The number of ketones is 1. The van der Waals surface area contributed by atoms with Gasteiger partial charge in [0.2, 0.25) is 0 Å². The maximum atomic E-state index is 13.8. The second-order valence-electron chi connectivity index (χ2n) is 15.9. The summed E-state index contributed by atoms with van der Waals surface area (Å²) in [4.78, 5) is 13.8. The smallest absolute Gasteiger partial charge is 0.191 e. The van der Waals surface area contributed by atoms with Gasteiger partial charge in [-0.3, -0.25) is 4.79 Å². The first-order valence-electron chi connectivity index (χ1n) is 22.0. The van der Waals surface area contributed by atoms with E-state index >= 15 is 0 Å². The monoisotopic (exact) mass is 870 g/mol. The van der Waals surface area contributed by atoms with Crippen LogP contribution in [0.15, 0.2) is 194 Å². The van der Waals surface area contributed by atoms with Gasteiger partial charge in [0.25, 0.3) is 0 Å². The molecule has 1 saturated heterocycles. The summed E-state index contributed by atoms with van der Waals surface area (Å²) in [5.74, 6) is 0.158. The summed E-state index contributed by atoms with van der Waals surface area (Å²) in [6, 6.07) is 62.8. The van der Waals surface area contributed by atoms with Crippen molar-refractivity contribution >= 4 is 5.78 Å². The first kappa shape index (κ1) is 45.1. The van der Waals surface area contributed by atoms with E-state index in [1.807, 2.05) is 182 Å². The molecule has 0 aliphatic carbocycles. The van der Waals surface area contributed by atoms with Gasteiger partial charge >= 0.3 is 0 Å². The minimum absolute atomic E-state index is 0.141. The summed E-state index contributed by atoms with van der Waals surface area (Å²) in [5, 5.41) is 10.4. The Kier molecular flexibility index (Phi) is 16.3. The van der Waals surface area contributed by atoms with Gasteiger partial charge in [-0.2, -0.15) is 0 Å². The minimum Gasteiger partial charge on any atom is -0.488 e. The Balaban J connectivity index is 1.24. The third-order valence-electron chi connectivity index (χ3n) is 11.2. The van der Waals surface area contributed by atoms with Crippen LogP contribution in [0, 0.1) is 0 Å². The molecule has 1 heterocycles. The highest BCUT2D eigenvalue weighted by Crippen LogP contribution is 2.44. The highest BCUT2D eigenvalue weighted by atomic mass is 16.6. The molecule has 1 aliphatic heterocycles. The summed E-state index contributed by atoms with van der Waals surface area (Å²) in [7, 11) is 0. The van der Waals surface area contributed by atoms with Gasteiger partial charge in [-0.25, -0.2) is 0 Å². The molecular weight excluding hydrogens is 817 g/mol. The van der Waals surface area contributed by atoms with Crippen LogP contribution in [-0.2, 0) is 63.3 Å². The van der Waals surface area contributed by atoms with E-state index in [0.717, 1.165) is 33.4 Å². The molecule has 1 aliphatic rings. The Morgan fingerprint density at radius 3 is 1.28 bits per heavy atom. The van der Waals surface area contributed by atoms with Crippen molar-refractivity contribution in [3.05, 3.63) is 239 Å². The maximum Gasteiger partial charge on any atom is 0.191 e. The van der Waals surface area contributed by atoms with E-state index in [1.165, 1.54) is 0 Å². The third-order valence-corrected chi connectivity index (χ3v) is 11.2. The summed E-state index contributed by atoms with van der Waals surface area (Å²) < 4.78 is 47.8. The fourth-order valence-electron chi connectivity index (χ4n) is 7.86. The molecule has 332 valence electrons. The van der Waals surface area contributed by atoms with Crippen molar-refractivity contribution in [3.8, 4) is 11.5 Å². The lowest BCUT2D eigenvalue weighted by atomic mass is 9.88. The van der Waals surface area contributed by atoms with Crippen LogP contribution in [0.3, 0.4) is 0 Å². The number of rotatable bonds is 22. The van der Waals surface area contributed by atoms with Crippen molar-refractivity contribution in [2.75, 3.05) is 13.2 Å². The van der Waals surface area contributed by atoms with Gasteiger partial charge in [0.05, 0.1) is 38.6 Å². The first-order chi connectivity index (χ1) is 32.1. The van der Waals surface area contributed by atoms with Crippen molar-refractivity contribution in [2.24, 2.45) is 0 Å². The molecule has 9 nitrogen and oxygen atoms in total. The van der Waals surface area contributed by atoms with Crippen molar-refractivity contribution < 1.29 is 43.1 Å². The Hall–Kier alpha value is -6.43. The number of aliphatic hydroxyl groups excluding tert-OH is 1. The number of carbonyl (C=O) groups is 1. The van der Waals surface area contributed by atoms with Crippen molar-refractivity contribution in [2.45, 2.75) is 70.2 Å². The number of carbonyl (C=O) groups excluding carboxylic acids is 1. The molecule has 0 aromatic heterocycles. The molecular formula is C56H54O9. The van der Waals surface area contributed by atoms with E-state index in [4.69, 9.17) is 33.2 Å². The topological polar surface area (TPSA) is 102 Å².